The molecule has 1 nitrogen and oxygen atoms in total. The third kappa shape index (κ3) is 1.61. The predicted octanol–water partition coefficient (Wildman–Crippen LogP) is 3.29. The summed E-state index contributed by atoms with van der Waals surface area (Å²) in [7, 11) is 0. The highest BCUT2D eigenvalue weighted by Crippen LogP contribution is 2.15. The fourth-order valence-electron chi connectivity index (χ4n) is 1.91. The summed E-state index contributed by atoms with van der Waals surface area (Å²) in [6.07, 6.45) is 1.99. The molecule has 0 amide bonds. The maximum Gasteiger partial charge on any atom is 0.0496 e. The van der Waals surface area contributed by atoms with Crippen LogP contribution in [0.5, 0.6) is 0 Å². The van der Waals surface area contributed by atoms with Gasteiger partial charge < -0.3 is 4.57 Å². The molecule has 0 N–H and O–H groups in total. The molecule has 0 atom stereocenters. The lowest BCUT2D eigenvalue weighted by atomic mass is 10.2. The number of fused-ring (bicyclic) bond motifs is 1. The van der Waals surface area contributed by atoms with Crippen LogP contribution in [0.25, 0.3) is 10.9 Å². The second-order valence-electron chi connectivity index (χ2n) is 3.82. The van der Waals surface area contributed by atoms with Crippen molar-refractivity contribution < 1.29 is 0 Å². The van der Waals surface area contributed by atoms with Gasteiger partial charge in [-0.15, -0.1) is 0 Å². The maximum absolute atomic E-state index is 3.22. The van der Waals surface area contributed by atoms with Gasteiger partial charge in [0.1, 0.15) is 0 Å². The lowest BCUT2D eigenvalue weighted by Gasteiger charge is -2.04. The Morgan fingerprint density at radius 3 is 2.69 bits per heavy atom. The van der Waals surface area contributed by atoms with Crippen LogP contribution in [0.15, 0.2) is 54.7 Å². The molecule has 0 aliphatic carbocycles. The van der Waals surface area contributed by atoms with Crippen molar-refractivity contribution in [2.24, 2.45) is 0 Å². The Bertz CT molecular complexity index is 593. The van der Waals surface area contributed by atoms with Gasteiger partial charge in [-0.25, -0.2) is 0 Å². The van der Waals surface area contributed by atoms with Crippen molar-refractivity contribution >= 4 is 10.9 Å². The first kappa shape index (κ1) is 9.22. The van der Waals surface area contributed by atoms with Crippen LogP contribution in [-0.2, 0) is 6.54 Å². The summed E-state index contributed by atoms with van der Waals surface area (Å²) in [5.74, 6) is 0. The lowest BCUT2D eigenvalue weighted by molar-refractivity contribution is 0.836. The second-order valence-corrected chi connectivity index (χ2v) is 3.82. The van der Waals surface area contributed by atoms with E-state index in [9.17, 15) is 0 Å². The third-order valence-corrected chi connectivity index (χ3v) is 2.70. The fraction of sp³-hybridized carbons (Fsp3) is 0.0667. The predicted molar refractivity (Wildman–Crippen MR) is 65.2 cm³/mol. The van der Waals surface area contributed by atoms with E-state index in [1.54, 1.807) is 0 Å². The van der Waals surface area contributed by atoms with Gasteiger partial charge in [-0.2, -0.15) is 0 Å². The summed E-state index contributed by atoms with van der Waals surface area (Å²) >= 11 is 0. The van der Waals surface area contributed by atoms with E-state index in [1.165, 1.54) is 11.1 Å². The average molecular weight is 205 g/mol. The van der Waals surface area contributed by atoms with E-state index in [4.69, 9.17) is 0 Å². The van der Waals surface area contributed by atoms with Gasteiger partial charge in [-0.3, -0.25) is 0 Å². The van der Waals surface area contributed by atoms with Crippen LogP contribution in [0, 0.1) is 12.1 Å². The molecule has 2 aromatic carbocycles. The largest absolute Gasteiger partial charge is 0.342 e. The molecule has 0 saturated heterocycles. The summed E-state index contributed by atoms with van der Waals surface area (Å²) in [6, 6.07) is 22.9. The molecule has 0 aliphatic heterocycles. The number of benzene rings is 2. The topological polar surface area (TPSA) is 4.93 Å². The second kappa shape index (κ2) is 3.86. The van der Waals surface area contributed by atoms with E-state index in [-0.39, 0.29) is 0 Å². The van der Waals surface area contributed by atoms with Gasteiger partial charge in [-0.1, -0.05) is 42.5 Å². The van der Waals surface area contributed by atoms with Crippen LogP contribution < -0.4 is 0 Å². The first-order chi connectivity index (χ1) is 7.93. The van der Waals surface area contributed by atoms with Gasteiger partial charge >= 0.3 is 0 Å². The first-order valence-corrected chi connectivity index (χ1v) is 5.34. The van der Waals surface area contributed by atoms with Crippen molar-refractivity contribution in [1.29, 1.82) is 0 Å². The molecular weight excluding hydrogens is 194 g/mol. The van der Waals surface area contributed by atoms with Crippen molar-refractivity contribution in [3.8, 4) is 0 Å². The van der Waals surface area contributed by atoms with E-state index in [2.05, 4.69) is 47.0 Å². The van der Waals surface area contributed by atoms with E-state index >= 15 is 0 Å². The Morgan fingerprint density at radius 1 is 0.938 bits per heavy atom. The van der Waals surface area contributed by atoms with Crippen LogP contribution in [-0.4, -0.2) is 4.57 Å². The normalized spacial score (nSPS) is 10.8. The number of rotatable bonds is 2. The van der Waals surface area contributed by atoms with Crippen molar-refractivity contribution in [3.63, 3.8) is 0 Å². The number of hydrogen-bond donors (Lipinski definition) is 0. The number of nitrogens with zero attached hydrogens (tertiary/aromatic N) is 1. The molecule has 3 aromatic rings. The SMILES string of the molecule is [c]1cccc2c1[c]cn2Cc1ccccc1. The molecule has 0 bridgehead atoms. The Labute approximate surface area is 95.0 Å². The van der Waals surface area contributed by atoms with Gasteiger partial charge in [-0.05, 0) is 17.7 Å². The van der Waals surface area contributed by atoms with Crippen LogP contribution in [0.2, 0.25) is 0 Å². The van der Waals surface area contributed by atoms with Crippen LogP contribution in [0.3, 0.4) is 0 Å². The highest BCUT2D eigenvalue weighted by Gasteiger charge is 2.00. The quantitative estimate of drug-likeness (QED) is 0.605. The minimum atomic E-state index is 0.888. The summed E-state index contributed by atoms with van der Waals surface area (Å²) in [5.41, 5.74) is 2.49. The number of aromatic nitrogens is 1. The molecule has 2 radical (unpaired) electrons. The minimum Gasteiger partial charge on any atom is -0.342 e. The summed E-state index contributed by atoms with van der Waals surface area (Å²) < 4.78 is 2.20. The Balaban J connectivity index is 2.01. The van der Waals surface area contributed by atoms with E-state index in [1.807, 2.05) is 24.4 Å². The maximum atomic E-state index is 3.22. The van der Waals surface area contributed by atoms with Crippen LogP contribution >= 0.6 is 0 Å². The zero-order valence-electron chi connectivity index (χ0n) is 8.85. The molecule has 1 aromatic heterocycles. The van der Waals surface area contributed by atoms with Crippen molar-refractivity contribution in [3.05, 3.63) is 72.4 Å². The Hall–Kier alpha value is -2.02. The average Bonchev–Trinajstić information content (AvgIpc) is 2.74. The van der Waals surface area contributed by atoms with Crippen molar-refractivity contribution in [2.75, 3.05) is 0 Å². The van der Waals surface area contributed by atoms with Crippen molar-refractivity contribution in [2.45, 2.75) is 6.54 Å². The van der Waals surface area contributed by atoms with Gasteiger partial charge in [0.2, 0.25) is 0 Å². The molecule has 1 heteroatoms. The summed E-state index contributed by atoms with van der Waals surface area (Å²) in [5, 5.41) is 1.05. The number of hydrogen-bond acceptors (Lipinski definition) is 0. The molecule has 16 heavy (non-hydrogen) atoms. The zero-order chi connectivity index (χ0) is 10.8. The van der Waals surface area contributed by atoms with E-state index in [0.29, 0.717) is 0 Å². The van der Waals surface area contributed by atoms with E-state index < -0.39 is 0 Å². The molecule has 0 spiro atoms. The van der Waals surface area contributed by atoms with Gasteiger partial charge in [0, 0.05) is 29.7 Å². The van der Waals surface area contributed by atoms with Gasteiger partial charge in [0.05, 0.1) is 0 Å². The zero-order valence-corrected chi connectivity index (χ0v) is 8.85. The summed E-state index contributed by atoms with van der Waals surface area (Å²) in [6.45, 7) is 0.888. The molecule has 0 saturated carbocycles. The standard InChI is InChI=1S/C15H11N/c1-2-6-13(7-3-1)12-16-11-10-14-8-4-5-9-15(14)16/h1-7,9,11H,12H2. The van der Waals surface area contributed by atoms with E-state index in [0.717, 1.165) is 11.9 Å². The molecule has 3 rings (SSSR count). The minimum absolute atomic E-state index is 0.888. The van der Waals surface area contributed by atoms with Crippen LogP contribution in [0.4, 0.5) is 0 Å². The first-order valence-electron chi connectivity index (χ1n) is 5.34. The van der Waals surface area contributed by atoms with Gasteiger partial charge in [0.15, 0.2) is 0 Å². The fourth-order valence-corrected chi connectivity index (χ4v) is 1.91. The molecular formula is C15H11N. The molecule has 0 aliphatic rings. The molecule has 0 unspecified atom stereocenters. The molecule has 0 fully saturated rings. The summed E-state index contributed by atoms with van der Waals surface area (Å²) in [4.78, 5) is 0. The highest BCUT2D eigenvalue weighted by molar-refractivity contribution is 5.78. The lowest BCUT2D eigenvalue weighted by Crippen LogP contribution is -1.96. The molecule has 1 heterocycles. The smallest absolute Gasteiger partial charge is 0.0496 e. The Morgan fingerprint density at radius 2 is 1.81 bits per heavy atom. The highest BCUT2D eigenvalue weighted by atomic mass is 14.9. The van der Waals surface area contributed by atoms with Crippen molar-refractivity contribution in [1.82, 2.24) is 4.57 Å². The van der Waals surface area contributed by atoms with Gasteiger partial charge in [0.25, 0.3) is 0 Å². The Kier molecular flexibility index (Phi) is 2.22. The van der Waals surface area contributed by atoms with Crippen LogP contribution in [0.1, 0.15) is 5.56 Å². The monoisotopic (exact) mass is 205 g/mol. The third-order valence-electron chi connectivity index (χ3n) is 2.70. The molecule has 76 valence electrons.